The number of amides is 2. The first kappa shape index (κ1) is 20.3. The number of aromatic nitrogens is 3. The van der Waals surface area contributed by atoms with Crippen molar-refractivity contribution in [3.8, 4) is 5.82 Å². The molecule has 0 saturated carbocycles. The first-order chi connectivity index (χ1) is 13.3. The number of ether oxygens (including phenoxy) is 1. The fraction of sp³-hybridized carbons (Fsp3) is 0.550. The number of hydrogen-bond donors (Lipinski definition) is 2. The first-order valence-corrected chi connectivity index (χ1v) is 9.70. The summed E-state index contributed by atoms with van der Waals surface area (Å²) in [6.07, 6.45) is 5.70. The van der Waals surface area contributed by atoms with E-state index in [1.807, 2.05) is 24.4 Å². The van der Waals surface area contributed by atoms with E-state index >= 15 is 0 Å². The summed E-state index contributed by atoms with van der Waals surface area (Å²) >= 11 is 0. The fourth-order valence-electron chi connectivity index (χ4n) is 3.39. The van der Waals surface area contributed by atoms with Crippen molar-refractivity contribution in [1.29, 1.82) is 0 Å². The lowest BCUT2D eigenvalue weighted by molar-refractivity contribution is -0.0947. The zero-order chi connectivity index (χ0) is 20.1. The van der Waals surface area contributed by atoms with Crippen LogP contribution in [-0.4, -0.2) is 63.1 Å². The van der Waals surface area contributed by atoms with Crippen LogP contribution < -0.4 is 10.6 Å². The van der Waals surface area contributed by atoms with Crippen LogP contribution in [0.2, 0.25) is 0 Å². The molecule has 3 rings (SSSR count). The maximum Gasteiger partial charge on any atom is 0.315 e. The van der Waals surface area contributed by atoms with Gasteiger partial charge in [-0.2, -0.15) is 5.10 Å². The van der Waals surface area contributed by atoms with Crippen molar-refractivity contribution in [3.63, 3.8) is 0 Å². The molecule has 2 atom stereocenters. The van der Waals surface area contributed by atoms with Gasteiger partial charge in [-0.15, -0.1) is 0 Å². The Morgan fingerprint density at radius 2 is 2.00 bits per heavy atom. The van der Waals surface area contributed by atoms with Crippen molar-refractivity contribution in [2.45, 2.75) is 52.0 Å². The minimum atomic E-state index is -0.182. The Kier molecular flexibility index (Phi) is 6.31. The molecule has 3 heterocycles. The van der Waals surface area contributed by atoms with E-state index in [4.69, 9.17) is 4.74 Å². The topological polar surface area (TPSA) is 84.3 Å². The molecule has 0 unspecified atom stereocenters. The van der Waals surface area contributed by atoms with Crippen molar-refractivity contribution in [2.75, 3.05) is 19.6 Å². The Hall–Kier alpha value is -2.45. The maximum absolute atomic E-state index is 12.2. The molecule has 2 aromatic rings. The van der Waals surface area contributed by atoms with Gasteiger partial charge in [0.2, 0.25) is 0 Å². The standard InChI is InChI=1S/C20H30N6O2/c1-15-12-25(13-16(2)28-15)20(3,4)14-23-19(27)22-11-17-6-7-18(21-10-17)26-9-5-8-24-26/h5-10,15-16H,11-14H2,1-4H3,(H2,22,23,27)/t15-,16-/m0/s1. The van der Waals surface area contributed by atoms with Gasteiger partial charge in [0.1, 0.15) is 0 Å². The number of nitrogens with zero attached hydrogens (tertiary/aromatic N) is 4. The van der Waals surface area contributed by atoms with Crippen molar-refractivity contribution >= 4 is 6.03 Å². The Balaban J connectivity index is 1.45. The Labute approximate surface area is 166 Å². The van der Waals surface area contributed by atoms with Gasteiger partial charge in [0.15, 0.2) is 5.82 Å². The van der Waals surface area contributed by atoms with E-state index in [0.717, 1.165) is 24.5 Å². The number of rotatable bonds is 6. The molecule has 1 saturated heterocycles. The monoisotopic (exact) mass is 386 g/mol. The summed E-state index contributed by atoms with van der Waals surface area (Å²) in [5.74, 6) is 0.744. The van der Waals surface area contributed by atoms with Crippen LogP contribution in [0.4, 0.5) is 4.79 Å². The van der Waals surface area contributed by atoms with Crippen molar-refractivity contribution in [1.82, 2.24) is 30.3 Å². The zero-order valence-electron chi connectivity index (χ0n) is 17.1. The Morgan fingerprint density at radius 1 is 1.25 bits per heavy atom. The average molecular weight is 387 g/mol. The van der Waals surface area contributed by atoms with Gasteiger partial charge in [-0.1, -0.05) is 6.07 Å². The molecule has 2 N–H and O–H groups in total. The van der Waals surface area contributed by atoms with Crippen LogP contribution in [0.5, 0.6) is 0 Å². The molecule has 0 radical (unpaired) electrons. The fourth-order valence-corrected chi connectivity index (χ4v) is 3.39. The molecule has 0 aliphatic carbocycles. The van der Waals surface area contributed by atoms with Crippen LogP contribution in [0.25, 0.3) is 5.82 Å². The van der Waals surface area contributed by atoms with Gasteiger partial charge < -0.3 is 15.4 Å². The van der Waals surface area contributed by atoms with Crippen LogP contribution in [0, 0.1) is 0 Å². The summed E-state index contributed by atoms with van der Waals surface area (Å²) in [4.78, 5) is 19.0. The minimum absolute atomic E-state index is 0.142. The second kappa shape index (κ2) is 8.70. The van der Waals surface area contributed by atoms with Gasteiger partial charge in [0, 0.05) is 50.3 Å². The number of carbonyl (C=O) groups is 1. The van der Waals surface area contributed by atoms with Crippen molar-refractivity contribution < 1.29 is 9.53 Å². The van der Waals surface area contributed by atoms with Crippen molar-refractivity contribution in [2.24, 2.45) is 0 Å². The molecule has 0 aromatic carbocycles. The highest BCUT2D eigenvalue weighted by atomic mass is 16.5. The van der Waals surface area contributed by atoms with Crippen LogP contribution in [-0.2, 0) is 11.3 Å². The second-order valence-corrected chi connectivity index (χ2v) is 7.99. The summed E-state index contributed by atoms with van der Waals surface area (Å²) in [6, 6.07) is 5.48. The molecule has 2 aromatic heterocycles. The van der Waals surface area contributed by atoms with E-state index in [9.17, 15) is 4.79 Å². The summed E-state index contributed by atoms with van der Waals surface area (Å²) < 4.78 is 7.50. The molecular weight excluding hydrogens is 356 g/mol. The predicted octanol–water partition coefficient (Wildman–Crippen LogP) is 1.95. The van der Waals surface area contributed by atoms with Gasteiger partial charge in [0.05, 0.1) is 12.2 Å². The SMILES string of the molecule is C[C@H]1CN(C(C)(C)CNC(=O)NCc2ccc(-n3cccn3)nc2)C[C@H](C)O1. The molecule has 2 amide bonds. The summed E-state index contributed by atoms with van der Waals surface area (Å²) in [5.41, 5.74) is 0.789. The quantitative estimate of drug-likeness (QED) is 0.793. The third-order valence-electron chi connectivity index (χ3n) is 4.96. The van der Waals surface area contributed by atoms with Crippen LogP contribution in [0.15, 0.2) is 36.8 Å². The molecule has 1 aliphatic heterocycles. The molecule has 28 heavy (non-hydrogen) atoms. The highest BCUT2D eigenvalue weighted by Gasteiger charge is 2.33. The average Bonchev–Trinajstić information content (AvgIpc) is 3.19. The Morgan fingerprint density at radius 3 is 2.61 bits per heavy atom. The lowest BCUT2D eigenvalue weighted by Crippen LogP contribution is -2.59. The third kappa shape index (κ3) is 5.30. The molecule has 8 nitrogen and oxygen atoms in total. The number of carbonyl (C=O) groups excluding carboxylic acids is 1. The van der Waals surface area contributed by atoms with Gasteiger partial charge >= 0.3 is 6.03 Å². The van der Waals surface area contributed by atoms with E-state index in [0.29, 0.717) is 13.1 Å². The van der Waals surface area contributed by atoms with E-state index in [2.05, 4.69) is 53.3 Å². The lowest BCUT2D eigenvalue weighted by atomic mass is 10.00. The maximum atomic E-state index is 12.2. The number of urea groups is 1. The molecule has 0 spiro atoms. The normalized spacial score (nSPS) is 20.7. The van der Waals surface area contributed by atoms with E-state index in [1.54, 1.807) is 17.1 Å². The smallest absolute Gasteiger partial charge is 0.315 e. The van der Waals surface area contributed by atoms with Gasteiger partial charge in [0.25, 0.3) is 0 Å². The van der Waals surface area contributed by atoms with Crippen LogP contribution in [0.1, 0.15) is 33.3 Å². The summed E-state index contributed by atoms with van der Waals surface area (Å²) in [7, 11) is 0. The van der Waals surface area contributed by atoms with E-state index in [-0.39, 0.29) is 23.8 Å². The number of nitrogens with one attached hydrogen (secondary N) is 2. The van der Waals surface area contributed by atoms with Gasteiger partial charge in [-0.05, 0) is 45.4 Å². The third-order valence-corrected chi connectivity index (χ3v) is 4.96. The van der Waals surface area contributed by atoms with Crippen LogP contribution in [0.3, 0.4) is 0 Å². The van der Waals surface area contributed by atoms with Crippen molar-refractivity contribution in [3.05, 3.63) is 42.4 Å². The summed E-state index contributed by atoms with van der Waals surface area (Å²) in [6.45, 7) is 11.2. The molecule has 1 fully saturated rings. The molecule has 0 bridgehead atoms. The number of hydrogen-bond acceptors (Lipinski definition) is 5. The zero-order valence-corrected chi connectivity index (χ0v) is 17.1. The van der Waals surface area contributed by atoms with Gasteiger partial charge in [-0.3, -0.25) is 4.90 Å². The number of pyridine rings is 1. The molecule has 8 heteroatoms. The van der Waals surface area contributed by atoms with E-state index < -0.39 is 0 Å². The highest BCUT2D eigenvalue weighted by Crippen LogP contribution is 2.20. The minimum Gasteiger partial charge on any atom is -0.373 e. The molecule has 152 valence electrons. The Bertz CT molecular complexity index is 750. The summed E-state index contributed by atoms with van der Waals surface area (Å²) in [5, 5.41) is 10.0. The van der Waals surface area contributed by atoms with Gasteiger partial charge in [-0.25, -0.2) is 14.5 Å². The number of morpholine rings is 1. The van der Waals surface area contributed by atoms with Crippen LogP contribution >= 0.6 is 0 Å². The van der Waals surface area contributed by atoms with E-state index in [1.165, 1.54) is 0 Å². The largest absolute Gasteiger partial charge is 0.373 e. The predicted molar refractivity (Wildman–Crippen MR) is 107 cm³/mol. The first-order valence-electron chi connectivity index (χ1n) is 9.70. The second-order valence-electron chi connectivity index (χ2n) is 7.99. The lowest BCUT2D eigenvalue weighted by Gasteiger charge is -2.45. The molecular formula is C20H30N6O2. The molecule has 1 aliphatic rings. The highest BCUT2D eigenvalue weighted by molar-refractivity contribution is 5.73.